The Morgan fingerprint density at radius 1 is 1.40 bits per heavy atom. The number of rotatable bonds is 3. The Kier molecular flexibility index (Phi) is 2.73. The second-order valence-corrected chi connectivity index (χ2v) is 3.77. The van der Waals surface area contributed by atoms with Gasteiger partial charge in [-0.05, 0) is 11.6 Å². The summed E-state index contributed by atoms with van der Waals surface area (Å²) >= 11 is 0. The number of benzene rings is 1. The van der Waals surface area contributed by atoms with Gasteiger partial charge in [0.1, 0.15) is 6.17 Å². The van der Waals surface area contributed by atoms with Crippen LogP contribution in [0.1, 0.15) is 5.56 Å². The lowest BCUT2D eigenvalue weighted by atomic mass is 10.1. The molecule has 2 nitrogen and oxygen atoms in total. The number of nitrogens with zero attached hydrogens (tertiary/aromatic N) is 1. The summed E-state index contributed by atoms with van der Waals surface area (Å²) < 4.78 is 15.1. The Balaban J connectivity index is 2.43. The van der Waals surface area contributed by atoms with Crippen molar-refractivity contribution in [1.29, 1.82) is 0 Å². The summed E-state index contributed by atoms with van der Waals surface area (Å²) in [5.74, 6) is 0. The first-order valence-electron chi connectivity index (χ1n) is 5.00. The molecule has 3 heteroatoms. The van der Waals surface area contributed by atoms with E-state index in [0.717, 1.165) is 16.5 Å². The minimum Gasteiger partial charge on any atom is -0.393 e. The molecule has 80 valence electrons. The standard InChI is InChI=1S/C12H14FNO/c1-14-7-9(6-10(13)8-15)11-4-2-3-5-12(11)14/h2-5,7,10,15H,6,8H2,1H3. The van der Waals surface area contributed by atoms with Crippen LogP contribution in [0.25, 0.3) is 10.9 Å². The van der Waals surface area contributed by atoms with Crippen molar-refractivity contribution in [1.82, 2.24) is 4.57 Å². The van der Waals surface area contributed by atoms with Crippen LogP contribution in [-0.4, -0.2) is 22.5 Å². The maximum absolute atomic E-state index is 13.1. The molecule has 15 heavy (non-hydrogen) atoms. The molecule has 0 saturated carbocycles. The molecule has 2 rings (SSSR count). The van der Waals surface area contributed by atoms with Crippen LogP contribution in [0.5, 0.6) is 0 Å². The highest BCUT2D eigenvalue weighted by molar-refractivity contribution is 5.83. The average Bonchev–Trinajstić information content (AvgIpc) is 2.57. The van der Waals surface area contributed by atoms with Gasteiger partial charge in [-0.3, -0.25) is 0 Å². The monoisotopic (exact) mass is 207 g/mol. The molecule has 1 unspecified atom stereocenters. The predicted molar refractivity (Wildman–Crippen MR) is 58.6 cm³/mol. The summed E-state index contributed by atoms with van der Waals surface area (Å²) in [6.45, 7) is -0.413. The van der Waals surface area contributed by atoms with E-state index in [0.29, 0.717) is 0 Å². The highest BCUT2D eigenvalue weighted by Gasteiger charge is 2.11. The van der Waals surface area contributed by atoms with E-state index in [1.165, 1.54) is 0 Å². The van der Waals surface area contributed by atoms with Crippen LogP contribution in [0.15, 0.2) is 30.5 Å². The molecule has 1 aromatic carbocycles. The fraction of sp³-hybridized carbons (Fsp3) is 0.333. The summed E-state index contributed by atoms with van der Waals surface area (Å²) in [5, 5.41) is 9.76. The number of aliphatic hydroxyl groups excluding tert-OH is 1. The van der Waals surface area contributed by atoms with Crippen LogP contribution in [-0.2, 0) is 13.5 Å². The predicted octanol–water partition coefficient (Wildman–Crippen LogP) is 2.05. The average molecular weight is 207 g/mol. The molecule has 2 aromatic rings. The molecule has 0 fully saturated rings. The van der Waals surface area contributed by atoms with Gasteiger partial charge < -0.3 is 9.67 Å². The van der Waals surface area contributed by atoms with Gasteiger partial charge in [0.15, 0.2) is 0 Å². The molecule has 0 aliphatic carbocycles. The first-order chi connectivity index (χ1) is 7.22. The van der Waals surface area contributed by atoms with Crippen LogP contribution < -0.4 is 0 Å². The molecule has 1 N–H and O–H groups in total. The van der Waals surface area contributed by atoms with E-state index in [1.54, 1.807) is 0 Å². The normalized spacial score (nSPS) is 13.3. The van der Waals surface area contributed by atoms with Crippen LogP contribution in [0.4, 0.5) is 4.39 Å². The molecule has 1 heterocycles. The Labute approximate surface area is 88.0 Å². The largest absolute Gasteiger partial charge is 0.393 e. The van der Waals surface area contributed by atoms with Crippen molar-refractivity contribution in [2.75, 3.05) is 6.61 Å². The van der Waals surface area contributed by atoms with Crippen LogP contribution in [0, 0.1) is 0 Å². The van der Waals surface area contributed by atoms with Crippen molar-refractivity contribution in [3.05, 3.63) is 36.0 Å². The summed E-state index contributed by atoms with van der Waals surface area (Å²) in [6, 6.07) is 7.89. The molecule has 1 atom stereocenters. The van der Waals surface area contributed by atoms with E-state index in [1.807, 2.05) is 42.1 Å². The fourth-order valence-electron chi connectivity index (χ4n) is 1.89. The fourth-order valence-corrected chi connectivity index (χ4v) is 1.89. The van der Waals surface area contributed by atoms with E-state index < -0.39 is 12.8 Å². The summed E-state index contributed by atoms with van der Waals surface area (Å²) in [6.07, 6.45) is 1.03. The SMILES string of the molecule is Cn1cc(CC(F)CO)c2ccccc21. The van der Waals surface area contributed by atoms with E-state index in [2.05, 4.69) is 0 Å². The maximum Gasteiger partial charge on any atom is 0.127 e. The van der Waals surface area contributed by atoms with E-state index in [-0.39, 0.29) is 6.42 Å². The van der Waals surface area contributed by atoms with Crippen LogP contribution >= 0.6 is 0 Å². The van der Waals surface area contributed by atoms with Crippen molar-refractivity contribution in [3.8, 4) is 0 Å². The van der Waals surface area contributed by atoms with Gasteiger partial charge in [0.05, 0.1) is 6.61 Å². The van der Waals surface area contributed by atoms with Crippen molar-refractivity contribution >= 4 is 10.9 Å². The third kappa shape index (κ3) is 1.88. The Hall–Kier alpha value is -1.35. The number of para-hydroxylation sites is 1. The van der Waals surface area contributed by atoms with Gasteiger partial charge in [-0.2, -0.15) is 0 Å². The number of aromatic nitrogens is 1. The lowest BCUT2D eigenvalue weighted by molar-refractivity contribution is 0.178. The lowest BCUT2D eigenvalue weighted by Gasteiger charge is -2.02. The number of aliphatic hydroxyl groups is 1. The van der Waals surface area contributed by atoms with Crippen molar-refractivity contribution in [2.45, 2.75) is 12.6 Å². The van der Waals surface area contributed by atoms with Gasteiger partial charge in [-0.1, -0.05) is 18.2 Å². The molecule has 0 bridgehead atoms. The molecule has 1 aromatic heterocycles. The molecule has 0 aliphatic heterocycles. The zero-order valence-corrected chi connectivity index (χ0v) is 8.65. The Morgan fingerprint density at radius 3 is 2.87 bits per heavy atom. The van der Waals surface area contributed by atoms with Crippen molar-refractivity contribution < 1.29 is 9.50 Å². The summed E-state index contributed by atoms with van der Waals surface area (Å²) in [7, 11) is 1.94. The third-order valence-corrected chi connectivity index (χ3v) is 2.62. The first kappa shape index (κ1) is 10.2. The second-order valence-electron chi connectivity index (χ2n) is 3.77. The molecule has 0 saturated heterocycles. The minimum atomic E-state index is -1.17. The summed E-state index contributed by atoms with van der Waals surface area (Å²) in [4.78, 5) is 0. The lowest BCUT2D eigenvalue weighted by Crippen LogP contribution is -2.09. The van der Waals surface area contributed by atoms with Gasteiger partial charge in [0.2, 0.25) is 0 Å². The van der Waals surface area contributed by atoms with Gasteiger partial charge in [-0.15, -0.1) is 0 Å². The van der Waals surface area contributed by atoms with E-state index in [9.17, 15) is 4.39 Å². The quantitative estimate of drug-likeness (QED) is 0.818. The summed E-state index contributed by atoms with van der Waals surface area (Å²) in [5.41, 5.74) is 2.05. The van der Waals surface area contributed by atoms with E-state index >= 15 is 0 Å². The first-order valence-corrected chi connectivity index (χ1v) is 5.00. The number of hydrogen-bond donors (Lipinski definition) is 1. The molecular weight excluding hydrogens is 193 g/mol. The third-order valence-electron chi connectivity index (χ3n) is 2.62. The van der Waals surface area contributed by atoms with Gasteiger partial charge in [0.25, 0.3) is 0 Å². The number of alkyl halides is 1. The number of fused-ring (bicyclic) bond motifs is 1. The van der Waals surface area contributed by atoms with E-state index in [4.69, 9.17) is 5.11 Å². The zero-order chi connectivity index (χ0) is 10.8. The minimum absolute atomic E-state index is 0.276. The molecule has 0 amide bonds. The number of aryl methyl sites for hydroxylation is 1. The van der Waals surface area contributed by atoms with Crippen LogP contribution in [0.2, 0.25) is 0 Å². The smallest absolute Gasteiger partial charge is 0.127 e. The van der Waals surface area contributed by atoms with Gasteiger partial charge in [0, 0.05) is 30.6 Å². The molecular formula is C12H14FNO. The Morgan fingerprint density at radius 2 is 2.13 bits per heavy atom. The number of halogens is 1. The van der Waals surface area contributed by atoms with Crippen molar-refractivity contribution in [3.63, 3.8) is 0 Å². The Bertz CT molecular complexity index is 464. The number of hydrogen-bond acceptors (Lipinski definition) is 1. The van der Waals surface area contributed by atoms with Gasteiger partial charge >= 0.3 is 0 Å². The van der Waals surface area contributed by atoms with Crippen molar-refractivity contribution in [2.24, 2.45) is 7.05 Å². The molecule has 0 aliphatic rings. The maximum atomic E-state index is 13.1. The highest BCUT2D eigenvalue weighted by Crippen LogP contribution is 2.21. The highest BCUT2D eigenvalue weighted by atomic mass is 19.1. The van der Waals surface area contributed by atoms with Crippen LogP contribution in [0.3, 0.4) is 0 Å². The van der Waals surface area contributed by atoms with Gasteiger partial charge in [-0.25, -0.2) is 4.39 Å². The topological polar surface area (TPSA) is 25.2 Å². The molecule has 0 spiro atoms. The zero-order valence-electron chi connectivity index (χ0n) is 8.65. The second kappa shape index (κ2) is 4.03. The molecule has 0 radical (unpaired) electrons.